The Balaban J connectivity index is 2.05. The molecule has 1 rings (SSSR count). The zero-order chi connectivity index (χ0) is 11.8. The SMILES string of the molecule is CCC(CCNC1CCCC1)CCC(=O)O. The minimum Gasteiger partial charge on any atom is -0.481 e. The lowest BCUT2D eigenvalue weighted by molar-refractivity contribution is -0.137. The van der Waals surface area contributed by atoms with Crippen LogP contribution >= 0.6 is 0 Å². The van der Waals surface area contributed by atoms with Crippen LogP contribution in [0.3, 0.4) is 0 Å². The Morgan fingerprint density at radius 1 is 1.38 bits per heavy atom. The van der Waals surface area contributed by atoms with Crippen molar-refractivity contribution in [2.75, 3.05) is 6.54 Å². The van der Waals surface area contributed by atoms with Gasteiger partial charge in [-0.1, -0.05) is 26.2 Å². The molecule has 0 aromatic heterocycles. The summed E-state index contributed by atoms with van der Waals surface area (Å²) < 4.78 is 0. The lowest BCUT2D eigenvalue weighted by atomic mass is 9.96. The molecule has 0 amide bonds. The Bertz CT molecular complexity index is 200. The Kier molecular flexibility index (Phi) is 6.46. The Morgan fingerprint density at radius 3 is 2.62 bits per heavy atom. The first-order chi connectivity index (χ1) is 7.72. The standard InChI is InChI=1S/C13H25NO2/c1-2-11(7-8-13(15)16)9-10-14-12-5-3-4-6-12/h11-12,14H,2-10H2,1H3,(H,15,16). The van der Waals surface area contributed by atoms with E-state index in [9.17, 15) is 4.79 Å². The highest BCUT2D eigenvalue weighted by Crippen LogP contribution is 2.19. The number of carboxylic acids is 1. The van der Waals surface area contributed by atoms with Crippen LogP contribution < -0.4 is 5.32 Å². The van der Waals surface area contributed by atoms with Crippen LogP contribution in [-0.2, 0) is 4.79 Å². The first kappa shape index (κ1) is 13.5. The van der Waals surface area contributed by atoms with Gasteiger partial charge in [0.2, 0.25) is 0 Å². The van der Waals surface area contributed by atoms with E-state index in [1.54, 1.807) is 0 Å². The molecular weight excluding hydrogens is 202 g/mol. The van der Waals surface area contributed by atoms with Crippen LogP contribution in [0.25, 0.3) is 0 Å². The maximum atomic E-state index is 10.5. The number of carboxylic acid groups (broad SMARTS) is 1. The average molecular weight is 227 g/mol. The molecule has 1 atom stereocenters. The third kappa shape index (κ3) is 5.50. The summed E-state index contributed by atoms with van der Waals surface area (Å²) in [6, 6.07) is 0.733. The fourth-order valence-corrected chi connectivity index (χ4v) is 2.50. The summed E-state index contributed by atoms with van der Waals surface area (Å²) in [7, 11) is 0. The van der Waals surface area contributed by atoms with Crippen molar-refractivity contribution in [1.82, 2.24) is 5.32 Å². The minimum atomic E-state index is -0.665. The van der Waals surface area contributed by atoms with Crippen molar-refractivity contribution in [1.29, 1.82) is 0 Å². The molecular formula is C13H25NO2. The average Bonchev–Trinajstić information content (AvgIpc) is 2.75. The molecule has 1 aliphatic rings. The number of nitrogens with one attached hydrogen (secondary N) is 1. The van der Waals surface area contributed by atoms with E-state index in [1.165, 1.54) is 25.7 Å². The first-order valence-corrected chi connectivity index (χ1v) is 6.67. The summed E-state index contributed by atoms with van der Waals surface area (Å²) in [5, 5.41) is 12.2. The van der Waals surface area contributed by atoms with Crippen molar-refractivity contribution in [3.8, 4) is 0 Å². The fourth-order valence-electron chi connectivity index (χ4n) is 2.50. The molecule has 2 N–H and O–H groups in total. The molecule has 3 nitrogen and oxygen atoms in total. The molecule has 0 spiro atoms. The second-order valence-electron chi connectivity index (χ2n) is 4.93. The molecule has 0 radical (unpaired) electrons. The van der Waals surface area contributed by atoms with Gasteiger partial charge in [-0.15, -0.1) is 0 Å². The zero-order valence-corrected chi connectivity index (χ0v) is 10.4. The predicted molar refractivity (Wildman–Crippen MR) is 65.5 cm³/mol. The molecule has 0 heterocycles. The fraction of sp³-hybridized carbons (Fsp3) is 0.923. The van der Waals surface area contributed by atoms with E-state index in [2.05, 4.69) is 12.2 Å². The summed E-state index contributed by atoms with van der Waals surface area (Å²) in [5.41, 5.74) is 0. The Morgan fingerprint density at radius 2 is 2.06 bits per heavy atom. The molecule has 16 heavy (non-hydrogen) atoms. The van der Waals surface area contributed by atoms with Crippen molar-refractivity contribution in [3.63, 3.8) is 0 Å². The number of hydrogen-bond donors (Lipinski definition) is 2. The summed E-state index contributed by atoms with van der Waals surface area (Å²) in [6.07, 6.45) is 8.76. The third-order valence-electron chi connectivity index (χ3n) is 3.68. The highest BCUT2D eigenvalue weighted by molar-refractivity contribution is 5.66. The predicted octanol–water partition coefficient (Wildman–Crippen LogP) is 2.80. The zero-order valence-electron chi connectivity index (χ0n) is 10.4. The summed E-state index contributed by atoms with van der Waals surface area (Å²) >= 11 is 0. The summed E-state index contributed by atoms with van der Waals surface area (Å²) in [4.78, 5) is 10.5. The van der Waals surface area contributed by atoms with E-state index in [0.29, 0.717) is 12.3 Å². The van der Waals surface area contributed by atoms with E-state index in [1.807, 2.05) is 0 Å². The van der Waals surface area contributed by atoms with Gasteiger partial charge in [0.15, 0.2) is 0 Å². The van der Waals surface area contributed by atoms with Crippen LogP contribution in [0.2, 0.25) is 0 Å². The van der Waals surface area contributed by atoms with Crippen LogP contribution in [0.15, 0.2) is 0 Å². The summed E-state index contributed by atoms with van der Waals surface area (Å²) in [5.74, 6) is -0.0906. The van der Waals surface area contributed by atoms with Gasteiger partial charge in [-0.05, 0) is 38.1 Å². The van der Waals surface area contributed by atoms with E-state index in [0.717, 1.165) is 31.8 Å². The third-order valence-corrected chi connectivity index (χ3v) is 3.68. The maximum absolute atomic E-state index is 10.5. The van der Waals surface area contributed by atoms with Gasteiger partial charge in [-0.2, -0.15) is 0 Å². The van der Waals surface area contributed by atoms with Gasteiger partial charge in [-0.3, -0.25) is 4.79 Å². The van der Waals surface area contributed by atoms with E-state index in [-0.39, 0.29) is 0 Å². The van der Waals surface area contributed by atoms with Gasteiger partial charge in [0.1, 0.15) is 0 Å². The molecule has 1 unspecified atom stereocenters. The van der Waals surface area contributed by atoms with Crippen LogP contribution in [0.1, 0.15) is 58.3 Å². The first-order valence-electron chi connectivity index (χ1n) is 6.67. The smallest absolute Gasteiger partial charge is 0.303 e. The van der Waals surface area contributed by atoms with Crippen molar-refractivity contribution in [3.05, 3.63) is 0 Å². The molecule has 0 saturated heterocycles. The monoisotopic (exact) mass is 227 g/mol. The molecule has 0 bridgehead atoms. The van der Waals surface area contributed by atoms with E-state index >= 15 is 0 Å². The number of hydrogen-bond acceptors (Lipinski definition) is 2. The van der Waals surface area contributed by atoms with Crippen LogP contribution in [0.5, 0.6) is 0 Å². The Labute approximate surface area is 98.6 Å². The molecule has 1 saturated carbocycles. The van der Waals surface area contributed by atoms with Gasteiger partial charge in [-0.25, -0.2) is 0 Å². The van der Waals surface area contributed by atoms with E-state index in [4.69, 9.17) is 5.11 Å². The molecule has 94 valence electrons. The molecule has 0 aromatic carbocycles. The van der Waals surface area contributed by atoms with Crippen molar-refractivity contribution < 1.29 is 9.90 Å². The molecule has 1 fully saturated rings. The lowest BCUT2D eigenvalue weighted by Gasteiger charge is -2.16. The number of carbonyl (C=O) groups is 1. The van der Waals surface area contributed by atoms with E-state index < -0.39 is 5.97 Å². The number of aliphatic carboxylic acids is 1. The van der Waals surface area contributed by atoms with Gasteiger partial charge in [0, 0.05) is 12.5 Å². The van der Waals surface area contributed by atoms with Gasteiger partial charge in [0.05, 0.1) is 0 Å². The number of rotatable bonds is 8. The second kappa shape index (κ2) is 7.66. The molecule has 0 aromatic rings. The molecule has 3 heteroatoms. The maximum Gasteiger partial charge on any atom is 0.303 e. The topological polar surface area (TPSA) is 49.3 Å². The Hall–Kier alpha value is -0.570. The van der Waals surface area contributed by atoms with Crippen LogP contribution in [-0.4, -0.2) is 23.7 Å². The van der Waals surface area contributed by atoms with Crippen molar-refractivity contribution in [2.24, 2.45) is 5.92 Å². The minimum absolute atomic E-state index is 0.321. The normalized spacial score (nSPS) is 18.8. The van der Waals surface area contributed by atoms with Gasteiger partial charge in [0.25, 0.3) is 0 Å². The summed E-state index contributed by atoms with van der Waals surface area (Å²) in [6.45, 7) is 3.21. The van der Waals surface area contributed by atoms with Crippen molar-refractivity contribution >= 4 is 5.97 Å². The quantitative estimate of drug-likeness (QED) is 0.670. The highest BCUT2D eigenvalue weighted by atomic mass is 16.4. The van der Waals surface area contributed by atoms with Crippen LogP contribution in [0, 0.1) is 5.92 Å². The van der Waals surface area contributed by atoms with Gasteiger partial charge < -0.3 is 10.4 Å². The largest absolute Gasteiger partial charge is 0.481 e. The second-order valence-corrected chi connectivity index (χ2v) is 4.93. The highest BCUT2D eigenvalue weighted by Gasteiger charge is 2.14. The molecule has 1 aliphatic carbocycles. The van der Waals surface area contributed by atoms with Crippen LogP contribution in [0.4, 0.5) is 0 Å². The van der Waals surface area contributed by atoms with Crippen molar-refractivity contribution in [2.45, 2.75) is 64.3 Å². The lowest BCUT2D eigenvalue weighted by Crippen LogP contribution is -2.28. The van der Waals surface area contributed by atoms with Gasteiger partial charge >= 0.3 is 5.97 Å². The molecule has 0 aliphatic heterocycles.